The summed E-state index contributed by atoms with van der Waals surface area (Å²) in [6.07, 6.45) is 0. The highest BCUT2D eigenvalue weighted by molar-refractivity contribution is 7.13. The van der Waals surface area contributed by atoms with Crippen LogP contribution in [0.3, 0.4) is 0 Å². The Morgan fingerprint density at radius 2 is 2.16 bits per heavy atom. The molecule has 0 aliphatic heterocycles. The van der Waals surface area contributed by atoms with Crippen molar-refractivity contribution in [3.63, 3.8) is 0 Å². The topological polar surface area (TPSA) is 28.2 Å². The van der Waals surface area contributed by atoms with Gasteiger partial charge in [0, 0.05) is 24.0 Å². The molecule has 0 amide bonds. The third-order valence-corrected chi connectivity index (χ3v) is 4.46. The highest BCUT2D eigenvalue weighted by Crippen LogP contribution is 2.31. The molecule has 3 nitrogen and oxygen atoms in total. The van der Waals surface area contributed by atoms with Gasteiger partial charge in [0.2, 0.25) is 0 Å². The SMILES string of the molecule is CNCc1csc(N(C)C(C)c2ccccc2Cl)n1. The molecule has 0 fully saturated rings. The molecule has 1 aromatic heterocycles. The Kier molecular flexibility index (Phi) is 4.80. The maximum Gasteiger partial charge on any atom is 0.185 e. The van der Waals surface area contributed by atoms with Gasteiger partial charge in [-0.1, -0.05) is 29.8 Å². The molecule has 5 heteroatoms. The van der Waals surface area contributed by atoms with Gasteiger partial charge in [-0.05, 0) is 25.6 Å². The van der Waals surface area contributed by atoms with Crippen LogP contribution >= 0.6 is 22.9 Å². The normalized spacial score (nSPS) is 12.4. The maximum atomic E-state index is 6.25. The van der Waals surface area contributed by atoms with Gasteiger partial charge in [-0.15, -0.1) is 11.3 Å². The summed E-state index contributed by atoms with van der Waals surface area (Å²) in [6, 6.07) is 8.15. The summed E-state index contributed by atoms with van der Waals surface area (Å²) in [6.45, 7) is 2.94. The number of thiazole rings is 1. The average Bonchev–Trinajstić information content (AvgIpc) is 2.87. The second kappa shape index (κ2) is 6.37. The van der Waals surface area contributed by atoms with Crippen molar-refractivity contribution in [2.24, 2.45) is 0 Å². The molecule has 1 atom stereocenters. The van der Waals surface area contributed by atoms with Crippen LogP contribution in [-0.2, 0) is 6.54 Å². The highest BCUT2D eigenvalue weighted by Gasteiger charge is 2.17. The molecule has 0 saturated heterocycles. The number of nitrogens with one attached hydrogen (secondary N) is 1. The predicted molar refractivity (Wildman–Crippen MR) is 83.1 cm³/mol. The van der Waals surface area contributed by atoms with Gasteiger partial charge in [0.1, 0.15) is 0 Å². The molecule has 1 unspecified atom stereocenters. The van der Waals surface area contributed by atoms with Crippen LogP contribution in [0.2, 0.25) is 5.02 Å². The summed E-state index contributed by atoms with van der Waals surface area (Å²) < 4.78 is 0. The Hall–Kier alpha value is -1.10. The lowest BCUT2D eigenvalue weighted by Crippen LogP contribution is -2.21. The van der Waals surface area contributed by atoms with E-state index in [2.05, 4.69) is 40.6 Å². The van der Waals surface area contributed by atoms with Crippen LogP contribution < -0.4 is 10.2 Å². The molecule has 19 heavy (non-hydrogen) atoms. The number of hydrogen-bond acceptors (Lipinski definition) is 4. The Morgan fingerprint density at radius 3 is 2.84 bits per heavy atom. The highest BCUT2D eigenvalue weighted by atomic mass is 35.5. The van der Waals surface area contributed by atoms with E-state index in [0.717, 1.165) is 28.0 Å². The van der Waals surface area contributed by atoms with Crippen LogP contribution in [0.15, 0.2) is 29.6 Å². The van der Waals surface area contributed by atoms with Gasteiger partial charge >= 0.3 is 0 Å². The van der Waals surface area contributed by atoms with Crippen molar-refractivity contribution in [3.8, 4) is 0 Å². The number of anilines is 1. The first-order chi connectivity index (χ1) is 9.13. The zero-order valence-electron chi connectivity index (χ0n) is 11.4. The fourth-order valence-electron chi connectivity index (χ4n) is 1.91. The lowest BCUT2D eigenvalue weighted by molar-refractivity contribution is 0.730. The van der Waals surface area contributed by atoms with E-state index in [-0.39, 0.29) is 6.04 Å². The number of hydrogen-bond donors (Lipinski definition) is 1. The van der Waals surface area contributed by atoms with Gasteiger partial charge in [0.25, 0.3) is 0 Å². The molecule has 1 aromatic carbocycles. The number of aromatic nitrogens is 1. The molecule has 1 heterocycles. The monoisotopic (exact) mass is 295 g/mol. The molecule has 1 N–H and O–H groups in total. The standard InChI is InChI=1S/C14H18ClN3S/c1-10(12-6-4-5-7-13(12)15)18(3)14-17-11(8-16-2)9-19-14/h4-7,9-10,16H,8H2,1-3H3. The quantitative estimate of drug-likeness (QED) is 0.911. The van der Waals surface area contributed by atoms with Crippen molar-refractivity contribution in [2.75, 3.05) is 19.0 Å². The van der Waals surface area contributed by atoms with E-state index in [1.807, 2.05) is 25.2 Å². The van der Waals surface area contributed by atoms with E-state index in [0.29, 0.717) is 0 Å². The molecule has 0 saturated carbocycles. The van der Waals surface area contributed by atoms with Gasteiger partial charge in [-0.3, -0.25) is 0 Å². The van der Waals surface area contributed by atoms with E-state index in [1.54, 1.807) is 11.3 Å². The number of nitrogens with zero attached hydrogens (tertiary/aromatic N) is 2. The lowest BCUT2D eigenvalue weighted by Gasteiger charge is -2.25. The Morgan fingerprint density at radius 1 is 1.42 bits per heavy atom. The van der Waals surface area contributed by atoms with Crippen LogP contribution in [-0.4, -0.2) is 19.1 Å². The minimum atomic E-state index is 0.197. The van der Waals surface area contributed by atoms with Gasteiger partial charge in [-0.2, -0.15) is 0 Å². The van der Waals surface area contributed by atoms with Gasteiger partial charge in [0.15, 0.2) is 5.13 Å². The predicted octanol–water partition coefficient (Wildman–Crippen LogP) is 3.71. The van der Waals surface area contributed by atoms with Crippen LogP contribution in [0.5, 0.6) is 0 Å². The smallest absolute Gasteiger partial charge is 0.185 e. The van der Waals surface area contributed by atoms with Crippen LogP contribution in [0.1, 0.15) is 24.2 Å². The molecule has 2 aromatic rings. The number of benzene rings is 1. The summed E-state index contributed by atoms with van der Waals surface area (Å²) in [7, 11) is 3.98. The van der Waals surface area contributed by atoms with E-state index in [4.69, 9.17) is 11.6 Å². The van der Waals surface area contributed by atoms with E-state index in [9.17, 15) is 0 Å². The molecular weight excluding hydrogens is 278 g/mol. The van der Waals surface area contributed by atoms with E-state index < -0.39 is 0 Å². The maximum absolute atomic E-state index is 6.25. The fourth-order valence-corrected chi connectivity index (χ4v) is 3.07. The Bertz CT molecular complexity index is 541. The summed E-state index contributed by atoms with van der Waals surface area (Å²) in [4.78, 5) is 6.77. The summed E-state index contributed by atoms with van der Waals surface area (Å²) in [5.41, 5.74) is 2.19. The van der Waals surface area contributed by atoms with Crippen LogP contribution in [0.4, 0.5) is 5.13 Å². The molecule has 0 aliphatic carbocycles. The second-order valence-corrected chi connectivity index (χ2v) is 5.70. The molecule has 0 radical (unpaired) electrons. The minimum Gasteiger partial charge on any atom is -0.344 e. The molecule has 102 valence electrons. The van der Waals surface area contributed by atoms with Crippen LogP contribution in [0.25, 0.3) is 0 Å². The lowest BCUT2D eigenvalue weighted by atomic mass is 10.1. The summed E-state index contributed by atoms with van der Waals surface area (Å²) in [5.74, 6) is 0. The van der Waals surface area contributed by atoms with Gasteiger partial charge in [-0.25, -0.2) is 4.98 Å². The first-order valence-electron chi connectivity index (χ1n) is 6.19. The average molecular weight is 296 g/mol. The van der Waals surface area contributed by atoms with Crippen molar-refractivity contribution in [2.45, 2.75) is 19.5 Å². The zero-order chi connectivity index (χ0) is 13.8. The van der Waals surface area contributed by atoms with Crippen LogP contribution in [0, 0.1) is 0 Å². The van der Waals surface area contributed by atoms with Gasteiger partial charge in [0.05, 0.1) is 11.7 Å². The van der Waals surface area contributed by atoms with Crippen molar-refractivity contribution in [1.82, 2.24) is 10.3 Å². The summed E-state index contributed by atoms with van der Waals surface area (Å²) in [5, 5.41) is 7.01. The Labute approximate surface area is 123 Å². The largest absolute Gasteiger partial charge is 0.344 e. The van der Waals surface area contributed by atoms with Crippen molar-refractivity contribution in [1.29, 1.82) is 0 Å². The third kappa shape index (κ3) is 3.26. The molecule has 0 aliphatic rings. The van der Waals surface area contributed by atoms with Crippen molar-refractivity contribution < 1.29 is 0 Å². The summed E-state index contributed by atoms with van der Waals surface area (Å²) >= 11 is 7.91. The molecule has 0 spiro atoms. The first-order valence-corrected chi connectivity index (χ1v) is 7.45. The van der Waals surface area contributed by atoms with Crippen molar-refractivity contribution >= 4 is 28.1 Å². The minimum absolute atomic E-state index is 0.197. The Balaban J connectivity index is 2.18. The van der Waals surface area contributed by atoms with Gasteiger partial charge < -0.3 is 10.2 Å². The van der Waals surface area contributed by atoms with E-state index >= 15 is 0 Å². The zero-order valence-corrected chi connectivity index (χ0v) is 12.9. The first kappa shape index (κ1) is 14.3. The number of rotatable bonds is 5. The molecule has 0 bridgehead atoms. The van der Waals surface area contributed by atoms with Crippen molar-refractivity contribution in [3.05, 3.63) is 45.9 Å². The number of halogens is 1. The second-order valence-electron chi connectivity index (χ2n) is 4.46. The van der Waals surface area contributed by atoms with E-state index in [1.165, 1.54) is 0 Å². The molecule has 2 rings (SSSR count). The molecular formula is C14H18ClN3S. The third-order valence-electron chi connectivity index (χ3n) is 3.14. The fraction of sp³-hybridized carbons (Fsp3) is 0.357.